The highest BCUT2D eigenvalue weighted by Gasteiger charge is 2.20. The lowest BCUT2D eigenvalue weighted by molar-refractivity contribution is -0.135. The number of amides is 2. The number of hydrogen-bond donors (Lipinski definition) is 2. The number of nitrogens with one attached hydrogen (secondary N) is 2. The van der Waals surface area contributed by atoms with Crippen molar-refractivity contribution in [3.8, 4) is 17.2 Å². The number of hydrazine groups is 1. The van der Waals surface area contributed by atoms with Crippen LogP contribution in [0.3, 0.4) is 0 Å². The Hall–Kier alpha value is -3.74. The second kappa shape index (κ2) is 9.65. The Morgan fingerprint density at radius 1 is 0.733 bits per heavy atom. The van der Waals surface area contributed by atoms with Gasteiger partial charge in [0, 0.05) is 0 Å². The molecule has 156 valence electrons. The van der Waals surface area contributed by atoms with Crippen molar-refractivity contribution in [1.82, 2.24) is 10.9 Å². The predicted molar refractivity (Wildman–Crippen MR) is 113 cm³/mol. The number of fused-ring (bicyclic) bond motifs is 1. The Labute approximate surface area is 174 Å². The Morgan fingerprint density at radius 2 is 1.30 bits per heavy atom. The van der Waals surface area contributed by atoms with E-state index in [0.717, 1.165) is 10.8 Å². The normalized spacial score (nSPS) is 12.5. The molecule has 2 atom stereocenters. The van der Waals surface area contributed by atoms with Gasteiger partial charge in [-0.25, -0.2) is 0 Å². The molecule has 3 aromatic carbocycles. The molecule has 0 spiro atoms. The van der Waals surface area contributed by atoms with Gasteiger partial charge in [-0.05, 0) is 48.9 Å². The molecule has 0 saturated carbocycles. The third-order valence-corrected chi connectivity index (χ3v) is 4.45. The summed E-state index contributed by atoms with van der Waals surface area (Å²) in [7, 11) is 1.52. The number of methoxy groups -OCH3 is 1. The molecule has 0 aliphatic heterocycles. The van der Waals surface area contributed by atoms with Gasteiger partial charge in [0.15, 0.2) is 23.7 Å². The summed E-state index contributed by atoms with van der Waals surface area (Å²) in [6.45, 7) is 3.17. The van der Waals surface area contributed by atoms with E-state index in [4.69, 9.17) is 14.2 Å². The van der Waals surface area contributed by atoms with Crippen LogP contribution >= 0.6 is 0 Å². The van der Waals surface area contributed by atoms with Gasteiger partial charge in [0.05, 0.1) is 7.11 Å². The van der Waals surface area contributed by atoms with Gasteiger partial charge in [-0.1, -0.05) is 42.5 Å². The topological polar surface area (TPSA) is 85.9 Å². The van der Waals surface area contributed by atoms with Crippen LogP contribution in [-0.4, -0.2) is 31.1 Å². The lowest BCUT2D eigenvalue weighted by Gasteiger charge is -2.18. The Kier molecular flexibility index (Phi) is 6.75. The fourth-order valence-electron chi connectivity index (χ4n) is 2.78. The molecule has 0 radical (unpaired) electrons. The van der Waals surface area contributed by atoms with Crippen molar-refractivity contribution in [2.45, 2.75) is 26.1 Å². The van der Waals surface area contributed by atoms with Gasteiger partial charge in [-0.3, -0.25) is 20.4 Å². The summed E-state index contributed by atoms with van der Waals surface area (Å²) in [6.07, 6.45) is -1.66. The third kappa shape index (κ3) is 5.20. The van der Waals surface area contributed by atoms with E-state index in [2.05, 4.69) is 10.9 Å². The van der Waals surface area contributed by atoms with Crippen LogP contribution in [0, 0.1) is 0 Å². The van der Waals surface area contributed by atoms with Crippen molar-refractivity contribution < 1.29 is 23.8 Å². The van der Waals surface area contributed by atoms with Crippen LogP contribution in [0.2, 0.25) is 0 Å². The molecule has 2 N–H and O–H groups in total. The molecule has 3 aromatic rings. The molecule has 2 amide bonds. The van der Waals surface area contributed by atoms with Crippen LogP contribution in [0.25, 0.3) is 10.8 Å². The zero-order valence-electron chi connectivity index (χ0n) is 17.0. The summed E-state index contributed by atoms with van der Waals surface area (Å²) < 4.78 is 16.5. The molecule has 3 rings (SSSR count). The van der Waals surface area contributed by atoms with E-state index in [-0.39, 0.29) is 0 Å². The highest BCUT2D eigenvalue weighted by molar-refractivity contribution is 5.87. The average Bonchev–Trinajstić information content (AvgIpc) is 2.77. The van der Waals surface area contributed by atoms with E-state index in [1.165, 1.54) is 7.11 Å². The maximum Gasteiger partial charge on any atom is 0.279 e. The largest absolute Gasteiger partial charge is 0.493 e. The predicted octanol–water partition coefficient (Wildman–Crippen LogP) is 3.23. The molecule has 0 aliphatic carbocycles. The van der Waals surface area contributed by atoms with Gasteiger partial charge in [0.25, 0.3) is 11.8 Å². The van der Waals surface area contributed by atoms with Crippen molar-refractivity contribution in [1.29, 1.82) is 0 Å². The first-order valence-corrected chi connectivity index (χ1v) is 9.53. The fourth-order valence-corrected chi connectivity index (χ4v) is 2.78. The second-order valence-corrected chi connectivity index (χ2v) is 6.66. The molecular formula is C23H24N2O5. The van der Waals surface area contributed by atoms with Crippen molar-refractivity contribution in [3.63, 3.8) is 0 Å². The monoisotopic (exact) mass is 408 g/mol. The molecule has 0 unspecified atom stereocenters. The maximum atomic E-state index is 12.3. The molecule has 0 aromatic heterocycles. The number of ether oxygens (including phenoxy) is 3. The molecule has 0 fully saturated rings. The zero-order chi connectivity index (χ0) is 21.5. The minimum Gasteiger partial charge on any atom is -0.493 e. The number of benzene rings is 3. The first kappa shape index (κ1) is 21.0. The molecule has 0 bridgehead atoms. The standard InChI is InChI=1S/C23H24N2O5/c1-15(29-19-13-12-17-8-4-5-9-18(17)14-19)22(26)24-25-23(27)16(2)30-21-11-7-6-10-20(21)28-3/h4-16H,1-3H3,(H,24,26)(H,25,27)/t15-,16+/m1/s1. The molecular weight excluding hydrogens is 384 g/mol. The van der Waals surface area contributed by atoms with E-state index in [1.54, 1.807) is 44.2 Å². The maximum absolute atomic E-state index is 12.3. The Balaban J connectivity index is 1.51. The summed E-state index contributed by atoms with van der Waals surface area (Å²) in [5, 5.41) is 2.09. The average molecular weight is 408 g/mol. The van der Waals surface area contributed by atoms with Crippen LogP contribution in [0.5, 0.6) is 17.2 Å². The van der Waals surface area contributed by atoms with E-state index in [9.17, 15) is 9.59 Å². The van der Waals surface area contributed by atoms with E-state index >= 15 is 0 Å². The van der Waals surface area contributed by atoms with Crippen molar-refractivity contribution >= 4 is 22.6 Å². The van der Waals surface area contributed by atoms with Gasteiger partial charge >= 0.3 is 0 Å². The van der Waals surface area contributed by atoms with E-state index in [0.29, 0.717) is 17.2 Å². The number of hydrogen-bond acceptors (Lipinski definition) is 5. The van der Waals surface area contributed by atoms with Gasteiger partial charge < -0.3 is 14.2 Å². The molecule has 30 heavy (non-hydrogen) atoms. The minimum absolute atomic E-state index is 0.432. The Bertz CT molecular complexity index is 1040. The number of carbonyl (C=O) groups is 2. The smallest absolute Gasteiger partial charge is 0.279 e. The van der Waals surface area contributed by atoms with Gasteiger partial charge in [-0.15, -0.1) is 0 Å². The third-order valence-electron chi connectivity index (χ3n) is 4.45. The van der Waals surface area contributed by atoms with Crippen LogP contribution in [0.4, 0.5) is 0 Å². The van der Waals surface area contributed by atoms with Gasteiger partial charge in [-0.2, -0.15) is 0 Å². The zero-order valence-corrected chi connectivity index (χ0v) is 17.0. The SMILES string of the molecule is COc1ccccc1O[C@@H](C)C(=O)NNC(=O)[C@@H](C)Oc1ccc2ccccc2c1. The number of carbonyl (C=O) groups excluding carboxylic acids is 2. The van der Waals surface area contributed by atoms with Crippen LogP contribution < -0.4 is 25.1 Å². The first-order chi connectivity index (χ1) is 14.5. The van der Waals surface area contributed by atoms with Gasteiger partial charge in [0.2, 0.25) is 0 Å². The Morgan fingerprint density at radius 3 is 1.97 bits per heavy atom. The lowest BCUT2D eigenvalue weighted by Crippen LogP contribution is -2.50. The minimum atomic E-state index is -0.849. The van der Waals surface area contributed by atoms with Crippen molar-refractivity contribution in [3.05, 3.63) is 66.7 Å². The summed E-state index contributed by atoms with van der Waals surface area (Å²) in [5.41, 5.74) is 4.71. The van der Waals surface area contributed by atoms with Crippen molar-refractivity contribution in [2.75, 3.05) is 7.11 Å². The van der Waals surface area contributed by atoms with Crippen molar-refractivity contribution in [2.24, 2.45) is 0 Å². The van der Waals surface area contributed by atoms with E-state index in [1.807, 2.05) is 36.4 Å². The lowest BCUT2D eigenvalue weighted by atomic mass is 10.1. The summed E-state index contributed by atoms with van der Waals surface area (Å²) in [5.74, 6) is 0.518. The highest BCUT2D eigenvalue weighted by atomic mass is 16.5. The summed E-state index contributed by atoms with van der Waals surface area (Å²) >= 11 is 0. The second-order valence-electron chi connectivity index (χ2n) is 6.66. The molecule has 7 heteroatoms. The van der Waals surface area contributed by atoms with Gasteiger partial charge in [0.1, 0.15) is 5.75 Å². The first-order valence-electron chi connectivity index (χ1n) is 9.53. The molecule has 0 aliphatic rings. The molecule has 0 saturated heterocycles. The number of para-hydroxylation sites is 2. The van der Waals surface area contributed by atoms with Crippen LogP contribution in [-0.2, 0) is 9.59 Å². The fraction of sp³-hybridized carbons (Fsp3) is 0.217. The van der Waals surface area contributed by atoms with E-state index < -0.39 is 24.0 Å². The highest BCUT2D eigenvalue weighted by Crippen LogP contribution is 2.26. The molecule has 0 heterocycles. The van der Waals surface area contributed by atoms with Crippen LogP contribution in [0.1, 0.15) is 13.8 Å². The number of rotatable bonds is 7. The quantitative estimate of drug-likeness (QED) is 0.586. The molecule has 7 nitrogen and oxygen atoms in total. The van der Waals surface area contributed by atoms with Crippen LogP contribution in [0.15, 0.2) is 66.7 Å². The summed E-state index contributed by atoms with van der Waals surface area (Å²) in [4.78, 5) is 24.5. The summed E-state index contributed by atoms with van der Waals surface area (Å²) in [6, 6.07) is 20.4.